The molecule has 0 saturated heterocycles. The monoisotopic (exact) mass is 412 g/mol. The molecule has 0 aromatic rings. The molecule has 7 nitrogen and oxygen atoms in total. The topological polar surface area (TPSA) is 124 Å². The zero-order chi connectivity index (χ0) is 21.8. The fraction of sp³-hybridized carbons (Fsp3) is 0.909. The molecule has 29 heavy (non-hydrogen) atoms. The minimum absolute atomic E-state index is 0.0807. The molecule has 3 fully saturated rings. The summed E-state index contributed by atoms with van der Waals surface area (Å²) in [6.45, 7) is 6.43. The lowest BCUT2D eigenvalue weighted by molar-refractivity contribution is -0.226. The Hall–Kier alpha value is -1.02. The maximum absolute atomic E-state index is 13.2. The molecule has 0 amide bonds. The van der Waals surface area contributed by atoms with Crippen LogP contribution in [0.1, 0.15) is 59.8 Å². The molecule has 0 radical (unpaired) electrons. The number of rotatable bonds is 4. The van der Waals surface area contributed by atoms with Gasteiger partial charge in [0.1, 0.15) is 18.5 Å². The van der Waals surface area contributed by atoms with E-state index in [9.17, 15) is 30.0 Å². The van der Waals surface area contributed by atoms with Crippen LogP contribution in [0.4, 0.5) is 0 Å². The van der Waals surface area contributed by atoms with Gasteiger partial charge in [0.2, 0.25) is 0 Å². The molecule has 3 saturated carbocycles. The number of ether oxygens (including phenoxy) is 1. The van der Waals surface area contributed by atoms with E-state index in [1.807, 2.05) is 13.8 Å². The third-order valence-corrected chi connectivity index (χ3v) is 9.17. The molecule has 0 unspecified atom stereocenters. The van der Waals surface area contributed by atoms with Crippen molar-refractivity contribution in [3.63, 3.8) is 0 Å². The first-order valence-corrected chi connectivity index (χ1v) is 10.8. The Kier molecular flexibility index (Phi) is 5.93. The molecule has 3 aliphatic rings. The maximum atomic E-state index is 13.2. The molecular weight excluding hydrogens is 376 g/mol. The summed E-state index contributed by atoms with van der Waals surface area (Å²) in [7, 11) is 0. The van der Waals surface area contributed by atoms with E-state index in [-0.39, 0.29) is 30.0 Å². The van der Waals surface area contributed by atoms with Crippen LogP contribution >= 0.6 is 0 Å². The van der Waals surface area contributed by atoms with Crippen molar-refractivity contribution in [1.82, 2.24) is 0 Å². The van der Waals surface area contributed by atoms with Crippen LogP contribution in [-0.2, 0) is 14.3 Å². The van der Waals surface area contributed by atoms with E-state index in [1.54, 1.807) is 6.92 Å². The summed E-state index contributed by atoms with van der Waals surface area (Å²) in [5, 5.41) is 41.1. The number of hydrogen-bond acceptors (Lipinski definition) is 7. The molecule has 0 heterocycles. The van der Waals surface area contributed by atoms with Gasteiger partial charge < -0.3 is 25.2 Å². The molecule has 2 bridgehead atoms. The number of Topliss-reactive ketones (excluding diaryl/α,β-unsaturated/α-hetero) is 1. The number of aliphatic hydroxyl groups is 4. The molecular formula is C22H36O7. The van der Waals surface area contributed by atoms with Crippen molar-refractivity contribution >= 4 is 11.8 Å². The predicted octanol–water partition coefficient (Wildman–Crippen LogP) is 1.05. The van der Waals surface area contributed by atoms with Crippen molar-refractivity contribution in [3.05, 3.63) is 0 Å². The van der Waals surface area contributed by atoms with Gasteiger partial charge in [-0.15, -0.1) is 0 Å². The van der Waals surface area contributed by atoms with E-state index >= 15 is 0 Å². The molecule has 4 N–H and O–H groups in total. The highest BCUT2D eigenvalue weighted by Crippen LogP contribution is 2.68. The second kappa shape index (κ2) is 7.59. The van der Waals surface area contributed by atoms with E-state index in [1.165, 1.54) is 0 Å². The van der Waals surface area contributed by atoms with Gasteiger partial charge in [-0.05, 0) is 42.9 Å². The van der Waals surface area contributed by atoms with Crippen molar-refractivity contribution in [2.75, 3.05) is 13.2 Å². The number of ketones is 1. The quantitative estimate of drug-likeness (QED) is 0.509. The fourth-order valence-electron chi connectivity index (χ4n) is 7.03. The fourth-order valence-corrected chi connectivity index (χ4v) is 7.03. The standard InChI is InChI=1S/C22H36O7/c1-12-5-7-22-8-6-14(25)18(22)21(12,4)16(29-17(27)11-24)9-20(3,15(26)10-23)19(28)13(22)2/h12-13,15-16,18-19,23-24,26,28H,5-11H2,1-4H3/t12-,13-,15+,16+,18+,19-,20-,21+,22-/m0/s1. The van der Waals surface area contributed by atoms with E-state index in [0.717, 1.165) is 12.8 Å². The van der Waals surface area contributed by atoms with E-state index in [0.29, 0.717) is 12.8 Å². The number of carbonyl (C=O) groups excluding carboxylic acids is 2. The average Bonchev–Trinajstić information content (AvgIpc) is 3.06. The third kappa shape index (κ3) is 3.08. The second-order valence-corrected chi connectivity index (χ2v) is 10.2. The highest BCUT2D eigenvalue weighted by Gasteiger charge is 2.69. The van der Waals surface area contributed by atoms with Crippen LogP contribution in [0, 0.1) is 34.0 Å². The Morgan fingerprint density at radius 2 is 1.90 bits per heavy atom. The summed E-state index contributed by atoms with van der Waals surface area (Å²) < 4.78 is 5.72. The Balaban J connectivity index is 2.22. The predicted molar refractivity (Wildman–Crippen MR) is 105 cm³/mol. The lowest BCUT2D eigenvalue weighted by atomic mass is 9.43. The van der Waals surface area contributed by atoms with Crippen LogP contribution in [0.15, 0.2) is 0 Å². The largest absolute Gasteiger partial charge is 0.460 e. The molecule has 166 valence electrons. The van der Waals surface area contributed by atoms with Crippen molar-refractivity contribution in [3.8, 4) is 0 Å². The SMILES string of the molecule is C[C@H]1[C@H](O)[C@](C)([C@H](O)CO)C[C@@H](OC(=O)CO)[C@@]2(C)[C@@H](C)CC[C@]13CCC(=O)[C@@H]32. The van der Waals surface area contributed by atoms with Gasteiger partial charge in [-0.3, -0.25) is 4.79 Å². The number of hydrogen-bond donors (Lipinski definition) is 4. The van der Waals surface area contributed by atoms with Gasteiger partial charge in [0.15, 0.2) is 0 Å². The molecule has 9 atom stereocenters. The minimum atomic E-state index is -1.21. The van der Waals surface area contributed by atoms with Gasteiger partial charge in [0.05, 0.1) is 18.8 Å². The molecule has 7 heteroatoms. The van der Waals surface area contributed by atoms with Gasteiger partial charge >= 0.3 is 5.97 Å². The van der Waals surface area contributed by atoms with Crippen molar-refractivity contribution in [1.29, 1.82) is 0 Å². The average molecular weight is 413 g/mol. The number of esters is 1. The van der Waals surface area contributed by atoms with Gasteiger partial charge in [-0.2, -0.15) is 0 Å². The van der Waals surface area contributed by atoms with Crippen LogP contribution in [0.5, 0.6) is 0 Å². The summed E-state index contributed by atoms with van der Waals surface area (Å²) in [5.74, 6) is -1.16. The number of aliphatic hydroxyl groups excluding tert-OH is 4. The van der Waals surface area contributed by atoms with Crippen LogP contribution in [0.3, 0.4) is 0 Å². The second-order valence-electron chi connectivity index (χ2n) is 10.2. The molecule has 0 aromatic carbocycles. The van der Waals surface area contributed by atoms with Crippen LogP contribution in [-0.4, -0.2) is 63.7 Å². The third-order valence-electron chi connectivity index (χ3n) is 9.17. The summed E-state index contributed by atoms with van der Waals surface area (Å²) in [4.78, 5) is 25.3. The van der Waals surface area contributed by atoms with Gasteiger partial charge in [-0.1, -0.05) is 27.7 Å². The van der Waals surface area contributed by atoms with Gasteiger partial charge in [-0.25, -0.2) is 4.79 Å². The van der Waals surface area contributed by atoms with E-state index in [2.05, 4.69) is 6.92 Å². The molecule has 3 aliphatic carbocycles. The highest BCUT2D eigenvalue weighted by atomic mass is 16.6. The van der Waals surface area contributed by atoms with E-state index < -0.39 is 53.7 Å². The maximum Gasteiger partial charge on any atom is 0.332 e. The summed E-state index contributed by atoms with van der Waals surface area (Å²) in [5.41, 5.74) is -2.24. The smallest absolute Gasteiger partial charge is 0.332 e. The normalized spacial score (nSPS) is 48.4. The molecule has 0 aliphatic heterocycles. The lowest BCUT2D eigenvalue weighted by Crippen LogP contribution is -2.65. The first-order chi connectivity index (χ1) is 13.5. The van der Waals surface area contributed by atoms with Crippen LogP contribution in [0.25, 0.3) is 0 Å². The summed E-state index contributed by atoms with van der Waals surface area (Å²) >= 11 is 0. The Morgan fingerprint density at radius 3 is 2.48 bits per heavy atom. The Labute approximate surface area is 172 Å². The molecule has 3 rings (SSSR count). The van der Waals surface area contributed by atoms with Crippen molar-refractivity contribution < 1.29 is 34.8 Å². The van der Waals surface area contributed by atoms with Crippen molar-refractivity contribution in [2.45, 2.75) is 78.1 Å². The Bertz CT molecular complexity index is 666. The van der Waals surface area contributed by atoms with Gasteiger partial charge in [0, 0.05) is 23.2 Å². The number of carbonyl (C=O) groups is 2. The van der Waals surface area contributed by atoms with Crippen LogP contribution in [0.2, 0.25) is 0 Å². The highest BCUT2D eigenvalue weighted by molar-refractivity contribution is 5.85. The summed E-state index contributed by atoms with van der Waals surface area (Å²) in [6, 6.07) is 0. The molecule has 0 aromatic heterocycles. The zero-order valence-electron chi connectivity index (χ0n) is 17.9. The van der Waals surface area contributed by atoms with Gasteiger partial charge in [0.25, 0.3) is 0 Å². The first kappa shape index (κ1) is 22.7. The first-order valence-electron chi connectivity index (χ1n) is 10.8. The van der Waals surface area contributed by atoms with Crippen LogP contribution < -0.4 is 0 Å². The minimum Gasteiger partial charge on any atom is -0.460 e. The molecule has 0 spiro atoms. The van der Waals surface area contributed by atoms with Crippen molar-refractivity contribution in [2.24, 2.45) is 34.0 Å². The Morgan fingerprint density at radius 1 is 1.24 bits per heavy atom. The zero-order valence-corrected chi connectivity index (χ0v) is 17.9. The summed E-state index contributed by atoms with van der Waals surface area (Å²) in [6.07, 6.45) is -0.100. The van der Waals surface area contributed by atoms with E-state index in [4.69, 9.17) is 4.74 Å². The lowest BCUT2D eigenvalue weighted by Gasteiger charge is -2.62.